The average molecular weight is 265 g/mol. The SMILES string of the molecule is CC[C@H](CO)NC(=O)Cn1nnc(-c2ccco2)n1. The van der Waals surface area contributed by atoms with Crippen LogP contribution >= 0.6 is 0 Å². The molecule has 0 fully saturated rings. The Kier molecular flexibility index (Phi) is 4.24. The molecule has 0 aliphatic heterocycles. The lowest BCUT2D eigenvalue weighted by Gasteiger charge is -2.13. The molecule has 2 rings (SSSR count). The maximum atomic E-state index is 11.7. The molecule has 0 saturated heterocycles. The average Bonchev–Trinajstić information content (AvgIpc) is 3.06. The van der Waals surface area contributed by atoms with Crippen molar-refractivity contribution in [2.24, 2.45) is 0 Å². The van der Waals surface area contributed by atoms with Crippen molar-refractivity contribution in [3.05, 3.63) is 18.4 Å². The second-order valence-corrected chi connectivity index (χ2v) is 3.98. The van der Waals surface area contributed by atoms with Gasteiger partial charge in [0.15, 0.2) is 5.76 Å². The molecule has 0 spiro atoms. The molecule has 2 aromatic heterocycles. The summed E-state index contributed by atoms with van der Waals surface area (Å²) in [7, 11) is 0. The molecule has 0 aromatic carbocycles. The first kappa shape index (κ1) is 13.2. The molecular formula is C11H15N5O3. The number of hydrogen-bond acceptors (Lipinski definition) is 6. The summed E-state index contributed by atoms with van der Waals surface area (Å²) >= 11 is 0. The van der Waals surface area contributed by atoms with E-state index in [-0.39, 0.29) is 25.1 Å². The zero-order chi connectivity index (χ0) is 13.7. The topological polar surface area (TPSA) is 106 Å². The number of aliphatic hydroxyl groups is 1. The molecule has 2 heterocycles. The number of hydrogen-bond donors (Lipinski definition) is 2. The van der Waals surface area contributed by atoms with Crippen LogP contribution in [0.25, 0.3) is 11.6 Å². The second kappa shape index (κ2) is 6.10. The van der Waals surface area contributed by atoms with E-state index in [2.05, 4.69) is 20.7 Å². The summed E-state index contributed by atoms with van der Waals surface area (Å²) in [5.41, 5.74) is 0. The Morgan fingerprint density at radius 1 is 1.63 bits per heavy atom. The van der Waals surface area contributed by atoms with Crippen molar-refractivity contribution in [3.63, 3.8) is 0 Å². The summed E-state index contributed by atoms with van der Waals surface area (Å²) in [6, 6.07) is 3.18. The van der Waals surface area contributed by atoms with Gasteiger partial charge in [0.05, 0.1) is 18.9 Å². The van der Waals surface area contributed by atoms with E-state index in [1.54, 1.807) is 12.1 Å². The van der Waals surface area contributed by atoms with Gasteiger partial charge in [-0.2, -0.15) is 4.80 Å². The highest BCUT2D eigenvalue weighted by atomic mass is 16.3. The summed E-state index contributed by atoms with van der Waals surface area (Å²) in [6.45, 7) is 1.73. The van der Waals surface area contributed by atoms with Crippen molar-refractivity contribution in [1.82, 2.24) is 25.5 Å². The van der Waals surface area contributed by atoms with Crippen LogP contribution in [0.3, 0.4) is 0 Å². The van der Waals surface area contributed by atoms with E-state index in [1.165, 1.54) is 11.1 Å². The van der Waals surface area contributed by atoms with E-state index in [4.69, 9.17) is 9.52 Å². The lowest BCUT2D eigenvalue weighted by molar-refractivity contribution is -0.123. The fraction of sp³-hybridized carbons (Fsp3) is 0.455. The van der Waals surface area contributed by atoms with E-state index >= 15 is 0 Å². The van der Waals surface area contributed by atoms with E-state index in [9.17, 15) is 4.79 Å². The first-order valence-corrected chi connectivity index (χ1v) is 5.94. The lowest BCUT2D eigenvalue weighted by atomic mass is 10.2. The lowest BCUT2D eigenvalue weighted by Crippen LogP contribution is -2.39. The van der Waals surface area contributed by atoms with Crippen LogP contribution < -0.4 is 5.32 Å². The van der Waals surface area contributed by atoms with E-state index < -0.39 is 0 Å². The number of aliphatic hydroxyl groups excluding tert-OH is 1. The molecule has 102 valence electrons. The van der Waals surface area contributed by atoms with Crippen molar-refractivity contribution in [2.45, 2.75) is 25.9 Å². The molecule has 0 bridgehead atoms. The molecule has 8 nitrogen and oxygen atoms in total. The number of nitrogens with zero attached hydrogens (tertiary/aromatic N) is 4. The molecule has 0 aliphatic carbocycles. The standard InChI is InChI=1S/C11H15N5O3/c1-2-8(7-17)12-10(18)6-16-14-11(13-15-16)9-4-3-5-19-9/h3-5,8,17H,2,6-7H2,1H3,(H,12,18)/t8-/m1/s1. The Hall–Kier alpha value is -2.22. The Bertz CT molecular complexity index is 518. The normalized spacial score (nSPS) is 12.3. The number of nitrogens with one attached hydrogen (secondary N) is 1. The van der Waals surface area contributed by atoms with Crippen molar-refractivity contribution in [2.75, 3.05) is 6.61 Å². The van der Waals surface area contributed by atoms with Crippen molar-refractivity contribution >= 4 is 5.91 Å². The maximum absolute atomic E-state index is 11.7. The molecule has 0 unspecified atom stereocenters. The first-order valence-electron chi connectivity index (χ1n) is 5.94. The van der Waals surface area contributed by atoms with Crippen LogP contribution in [0.1, 0.15) is 13.3 Å². The summed E-state index contributed by atoms with van der Waals surface area (Å²) in [5.74, 6) is 0.546. The third kappa shape index (κ3) is 3.38. The monoisotopic (exact) mass is 265 g/mol. The molecule has 2 aromatic rings. The fourth-order valence-corrected chi connectivity index (χ4v) is 1.49. The van der Waals surface area contributed by atoms with Gasteiger partial charge in [-0.3, -0.25) is 4.79 Å². The molecule has 0 radical (unpaired) electrons. The molecule has 0 aliphatic rings. The van der Waals surface area contributed by atoms with Crippen LogP contribution in [-0.2, 0) is 11.3 Å². The van der Waals surface area contributed by atoms with Crippen molar-refractivity contribution < 1.29 is 14.3 Å². The number of tetrazole rings is 1. The Morgan fingerprint density at radius 3 is 3.11 bits per heavy atom. The van der Waals surface area contributed by atoms with Gasteiger partial charge in [0.25, 0.3) is 0 Å². The predicted octanol–water partition coefficient (Wildman–Crippen LogP) is -0.180. The highest BCUT2D eigenvalue weighted by Crippen LogP contribution is 2.12. The Morgan fingerprint density at radius 2 is 2.47 bits per heavy atom. The van der Waals surface area contributed by atoms with Gasteiger partial charge in [0.2, 0.25) is 11.7 Å². The zero-order valence-corrected chi connectivity index (χ0v) is 10.5. The summed E-state index contributed by atoms with van der Waals surface area (Å²) in [6.07, 6.45) is 2.17. The molecule has 19 heavy (non-hydrogen) atoms. The molecule has 1 amide bonds. The maximum Gasteiger partial charge on any atom is 0.243 e. The third-order valence-electron chi connectivity index (χ3n) is 2.56. The molecule has 1 atom stereocenters. The molecule has 2 N–H and O–H groups in total. The minimum atomic E-state index is -0.274. The minimum Gasteiger partial charge on any atom is -0.461 e. The van der Waals surface area contributed by atoms with Gasteiger partial charge in [-0.15, -0.1) is 10.2 Å². The number of rotatable bonds is 6. The second-order valence-electron chi connectivity index (χ2n) is 3.98. The van der Waals surface area contributed by atoms with Gasteiger partial charge in [0.1, 0.15) is 6.54 Å². The van der Waals surface area contributed by atoms with Crippen LogP contribution in [0, 0.1) is 0 Å². The van der Waals surface area contributed by atoms with Gasteiger partial charge in [0, 0.05) is 0 Å². The predicted molar refractivity (Wildman–Crippen MR) is 64.8 cm³/mol. The van der Waals surface area contributed by atoms with Gasteiger partial charge in [-0.05, 0) is 23.8 Å². The highest BCUT2D eigenvalue weighted by molar-refractivity contribution is 5.75. The third-order valence-corrected chi connectivity index (χ3v) is 2.56. The Balaban J connectivity index is 1.95. The first-order chi connectivity index (χ1) is 9.22. The minimum absolute atomic E-state index is 0.0514. The quantitative estimate of drug-likeness (QED) is 0.750. The zero-order valence-electron chi connectivity index (χ0n) is 10.5. The number of aromatic nitrogens is 4. The van der Waals surface area contributed by atoms with Gasteiger partial charge in [-0.1, -0.05) is 6.92 Å². The smallest absolute Gasteiger partial charge is 0.243 e. The largest absolute Gasteiger partial charge is 0.461 e. The summed E-state index contributed by atoms with van der Waals surface area (Å²) < 4.78 is 5.13. The van der Waals surface area contributed by atoms with Crippen LogP contribution in [-0.4, -0.2) is 43.9 Å². The number of furan rings is 1. The Labute approximate surface area is 109 Å². The van der Waals surface area contributed by atoms with Crippen LogP contribution in [0.15, 0.2) is 22.8 Å². The molecular weight excluding hydrogens is 250 g/mol. The van der Waals surface area contributed by atoms with Crippen molar-refractivity contribution in [1.29, 1.82) is 0 Å². The summed E-state index contributed by atoms with van der Waals surface area (Å²) in [5, 5.41) is 23.2. The van der Waals surface area contributed by atoms with E-state index in [1.807, 2.05) is 6.92 Å². The number of carbonyl (C=O) groups excluding carboxylic acids is 1. The van der Waals surface area contributed by atoms with E-state index in [0.717, 1.165) is 0 Å². The number of amides is 1. The molecule has 0 saturated carbocycles. The molecule has 8 heteroatoms. The highest BCUT2D eigenvalue weighted by Gasteiger charge is 2.13. The number of carbonyl (C=O) groups is 1. The van der Waals surface area contributed by atoms with Gasteiger partial charge >= 0.3 is 0 Å². The fourth-order valence-electron chi connectivity index (χ4n) is 1.49. The van der Waals surface area contributed by atoms with Crippen LogP contribution in [0.5, 0.6) is 0 Å². The van der Waals surface area contributed by atoms with Crippen LogP contribution in [0.2, 0.25) is 0 Å². The summed E-state index contributed by atoms with van der Waals surface area (Å²) in [4.78, 5) is 12.8. The van der Waals surface area contributed by atoms with E-state index in [0.29, 0.717) is 18.0 Å². The van der Waals surface area contributed by atoms with Crippen molar-refractivity contribution in [3.8, 4) is 11.6 Å². The van der Waals surface area contributed by atoms with Gasteiger partial charge in [-0.25, -0.2) is 0 Å². The van der Waals surface area contributed by atoms with Gasteiger partial charge < -0.3 is 14.8 Å². The van der Waals surface area contributed by atoms with Crippen LogP contribution in [0.4, 0.5) is 0 Å².